The van der Waals surface area contributed by atoms with E-state index in [9.17, 15) is 4.79 Å². The highest BCUT2D eigenvalue weighted by atomic mass is 16.6. The maximum absolute atomic E-state index is 13.4. The van der Waals surface area contributed by atoms with Crippen LogP contribution in [-0.4, -0.2) is 61.4 Å². The number of carbonyl (C=O) groups excluding carboxylic acids is 1. The van der Waals surface area contributed by atoms with Gasteiger partial charge in [0.05, 0.1) is 0 Å². The third-order valence-electron chi connectivity index (χ3n) is 8.53. The molecule has 0 spiro atoms. The minimum absolute atomic E-state index is 0.155. The molecule has 0 bridgehead atoms. The van der Waals surface area contributed by atoms with Gasteiger partial charge in [-0.2, -0.15) is 0 Å². The highest BCUT2D eigenvalue weighted by Gasteiger charge is 2.28. The van der Waals surface area contributed by atoms with Crippen LogP contribution in [0, 0.1) is 0 Å². The molecule has 2 aliphatic rings. The molecule has 4 aromatic rings. The van der Waals surface area contributed by atoms with Gasteiger partial charge in [0, 0.05) is 62.9 Å². The van der Waals surface area contributed by atoms with E-state index in [1.165, 1.54) is 16.6 Å². The van der Waals surface area contributed by atoms with Gasteiger partial charge < -0.3 is 29.4 Å². The van der Waals surface area contributed by atoms with Crippen molar-refractivity contribution in [3.63, 3.8) is 0 Å². The van der Waals surface area contributed by atoms with Crippen molar-refractivity contribution < 1.29 is 19.0 Å². The molecule has 2 aliphatic heterocycles. The number of benzene rings is 3. The quantitative estimate of drug-likeness (QED) is 0.246. The van der Waals surface area contributed by atoms with Crippen molar-refractivity contribution in [2.24, 2.45) is 5.73 Å². The number of nitrogens with two attached hydrogens (primary N) is 1. The average molecular weight is 568 g/mol. The summed E-state index contributed by atoms with van der Waals surface area (Å²) in [6.45, 7) is 4.36. The van der Waals surface area contributed by atoms with Crippen LogP contribution in [0.2, 0.25) is 0 Å². The minimum atomic E-state index is -0.224. The van der Waals surface area contributed by atoms with Gasteiger partial charge in [-0.15, -0.1) is 0 Å². The van der Waals surface area contributed by atoms with E-state index in [2.05, 4.69) is 65.2 Å². The summed E-state index contributed by atoms with van der Waals surface area (Å²) in [4.78, 5) is 15.4. The summed E-state index contributed by atoms with van der Waals surface area (Å²) in [5.74, 6) is 2.06. The summed E-state index contributed by atoms with van der Waals surface area (Å²) in [6, 6.07) is 25.1. The highest BCUT2D eigenvalue weighted by Crippen LogP contribution is 2.35. The standard InChI is InChI=1S/C35H41N3O4/c1-40-17-5-16-38-31-8-3-2-6-28(31)21-32(38)29-7-4-15-37(24-29)35(39)23-30(36)20-25-9-11-26(12-10-25)27-13-14-33-34(22-27)42-19-18-41-33/h2-3,6,8-14,21-22,29-30H,4-5,7,15-20,23-24,36H2,1H3/t29?,30-/m1/s1. The summed E-state index contributed by atoms with van der Waals surface area (Å²) in [5.41, 5.74) is 12.4. The number of hydrogen-bond acceptors (Lipinski definition) is 5. The normalized spacial score (nSPS) is 17.4. The van der Waals surface area contributed by atoms with E-state index in [-0.39, 0.29) is 11.9 Å². The third-order valence-corrected chi connectivity index (χ3v) is 8.53. The number of hydrogen-bond donors (Lipinski definition) is 1. The fourth-order valence-electron chi connectivity index (χ4n) is 6.42. The molecule has 6 rings (SSSR count). The first-order chi connectivity index (χ1) is 20.6. The largest absolute Gasteiger partial charge is 0.486 e. The SMILES string of the molecule is COCCCn1c(C2CCCN(C(=O)C[C@H](N)Cc3ccc(-c4ccc5c(c4)OCCO5)cc3)C2)cc2ccccc21. The number of nitrogens with zero attached hydrogens (tertiary/aromatic N) is 2. The zero-order valence-electron chi connectivity index (χ0n) is 24.5. The third kappa shape index (κ3) is 6.32. The maximum Gasteiger partial charge on any atom is 0.224 e. The molecule has 220 valence electrons. The van der Waals surface area contributed by atoms with Gasteiger partial charge >= 0.3 is 0 Å². The lowest BCUT2D eigenvalue weighted by atomic mass is 9.93. The molecule has 1 aromatic heterocycles. The molecule has 2 N–H and O–H groups in total. The lowest BCUT2D eigenvalue weighted by Gasteiger charge is -2.34. The molecule has 42 heavy (non-hydrogen) atoms. The number of carbonyl (C=O) groups is 1. The lowest BCUT2D eigenvalue weighted by Crippen LogP contribution is -2.42. The van der Waals surface area contributed by atoms with Crippen LogP contribution in [0.15, 0.2) is 72.8 Å². The minimum Gasteiger partial charge on any atom is -0.486 e. The Morgan fingerprint density at radius 2 is 1.79 bits per heavy atom. The van der Waals surface area contributed by atoms with Gasteiger partial charge in [-0.05, 0) is 72.0 Å². The summed E-state index contributed by atoms with van der Waals surface area (Å²) < 4.78 is 19.1. The molecule has 0 aliphatic carbocycles. The second kappa shape index (κ2) is 13.0. The van der Waals surface area contributed by atoms with Gasteiger partial charge in [0.2, 0.25) is 5.91 Å². The van der Waals surface area contributed by atoms with Crippen molar-refractivity contribution in [3.05, 3.63) is 84.1 Å². The van der Waals surface area contributed by atoms with Crippen LogP contribution >= 0.6 is 0 Å². The Kier molecular flexibility index (Phi) is 8.77. The molecule has 1 fully saturated rings. The lowest BCUT2D eigenvalue weighted by molar-refractivity contribution is -0.132. The molecule has 1 unspecified atom stereocenters. The second-order valence-electron chi connectivity index (χ2n) is 11.5. The Hall–Kier alpha value is -3.81. The van der Waals surface area contributed by atoms with Crippen molar-refractivity contribution >= 4 is 16.8 Å². The van der Waals surface area contributed by atoms with E-state index in [4.69, 9.17) is 19.9 Å². The van der Waals surface area contributed by atoms with Crippen LogP contribution in [0.4, 0.5) is 0 Å². The first kappa shape index (κ1) is 28.3. The Balaban J connectivity index is 1.07. The molecule has 1 saturated heterocycles. The van der Waals surface area contributed by atoms with Crippen LogP contribution in [0.5, 0.6) is 11.5 Å². The maximum atomic E-state index is 13.4. The highest BCUT2D eigenvalue weighted by molar-refractivity contribution is 5.82. The van der Waals surface area contributed by atoms with E-state index < -0.39 is 0 Å². The number of amides is 1. The molecular formula is C35H41N3O4. The van der Waals surface area contributed by atoms with Crippen molar-refractivity contribution in [3.8, 4) is 22.6 Å². The van der Waals surface area contributed by atoms with Crippen LogP contribution in [0.25, 0.3) is 22.0 Å². The molecule has 3 aromatic carbocycles. The van der Waals surface area contributed by atoms with E-state index >= 15 is 0 Å². The Labute approximate surface area is 248 Å². The van der Waals surface area contributed by atoms with Gasteiger partial charge in [0.15, 0.2) is 11.5 Å². The molecule has 3 heterocycles. The van der Waals surface area contributed by atoms with E-state index in [1.54, 1.807) is 7.11 Å². The van der Waals surface area contributed by atoms with Gasteiger partial charge in [0.25, 0.3) is 0 Å². The number of methoxy groups -OCH3 is 1. The molecule has 0 radical (unpaired) electrons. The van der Waals surface area contributed by atoms with E-state index in [0.717, 1.165) is 73.7 Å². The monoisotopic (exact) mass is 567 g/mol. The smallest absolute Gasteiger partial charge is 0.224 e. The summed E-state index contributed by atoms with van der Waals surface area (Å²) in [6.07, 6.45) is 4.08. The number of piperidine rings is 1. The van der Waals surface area contributed by atoms with E-state index in [0.29, 0.717) is 32.0 Å². The van der Waals surface area contributed by atoms with Gasteiger partial charge in [-0.25, -0.2) is 0 Å². The van der Waals surface area contributed by atoms with Crippen molar-refractivity contribution in [2.45, 2.75) is 50.6 Å². The summed E-state index contributed by atoms with van der Waals surface area (Å²) >= 11 is 0. The summed E-state index contributed by atoms with van der Waals surface area (Å²) in [5, 5.41) is 1.26. The van der Waals surface area contributed by atoms with Gasteiger partial charge in [0.1, 0.15) is 13.2 Å². The zero-order valence-corrected chi connectivity index (χ0v) is 24.5. The zero-order chi connectivity index (χ0) is 28.9. The molecule has 1 amide bonds. The second-order valence-corrected chi connectivity index (χ2v) is 11.5. The van der Waals surface area contributed by atoms with Gasteiger partial charge in [-0.3, -0.25) is 4.79 Å². The topological polar surface area (TPSA) is 79.0 Å². The van der Waals surface area contributed by atoms with Crippen LogP contribution in [0.1, 0.15) is 42.9 Å². The predicted octanol–water partition coefficient (Wildman–Crippen LogP) is 5.78. The van der Waals surface area contributed by atoms with Crippen molar-refractivity contribution in [2.75, 3.05) is 40.0 Å². The van der Waals surface area contributed by atoms with Crippen molar-refractivity contribution in [1.29, 1.82) is 0 Å². The number of fused-ring (bicyclic) bond motifs is 2. The Morgan fingerprint density at radius 3 is 2.62 bits per heavy atom. The average Bonchev–Trinajstić information content (AvgIpc) is 3.40. The molecular weight excluding hydrogens is 526 g/mol. The van der Waals surface area contributed by atoms with Crippen LogP contribution < -0.4 is 15.2 Å². The molecule has 0 saturated carbocycles. The molecule has 7 heteroatoms. The Morgan fingerprint density at radius 1 is 1.00 bits per heavy atom. The number of rotatable bonds is 10. The number of ether oxygens (including phenoxy) is 3. The van der Waals surface area contributed by atoms with Crippen LogP contribution in [-0.2, 0) is 22.5 Å². The fourth-order valence-corrected chi connectivity index (χ4v) is 6.42. The first-order valence-corrected chi connectivity index (χ1v) is 15.2. The van der Waals surface area contributed by atoms with Crippen LogP contribution in [0.3, 0.4) is 0 Å². The van der Waals surface area contributed by atoms with Crippen molar-refractivity contribution in [1.82, 2.24) is 9.47 Å². The number of likely N-dealkylation sites (tertiary alicyclic amines) is 1. The summed E-state index contributed by atoms with van der Waals surface area (Å²) in [7, 11) is 1.75. The fraction of sp³-hybridized carbons (Fsp3) is 0.400. The molecule has 7 nitrogen and oxygen atoms in total. The number of para-hydroxylation sites is 1. The molecule has 2 atom stereocenters. The van der Waals surface area contributed by atoms with Gasteiger partial charge in [-0.1, -0.05) is 48.5 Å². The Bertz CT molecular complexity index is 1510. The number of aryl methyl sites for hydroxylation is 1. The van der Waals surface area contributed by atoms with E-state index in [1.807, 2.05) is 17.0 Å². The predicted molar refractivity (Wildman–Crippen MR) is 166 cm³/mol. The first-order valence-electron chi connectivity index (χ1n) is 15.2. The number of aromatic nitrogens is 1.